The fourth-order valence-electron chi connectivity index (χ4n) is 1.43. The SMILES string of the molecule is Cc1cc(CS(=O)(=O)Nc2ccc(O)cc2)no1. The van der Waals surface area contributed by atoms with Gasteiger partial charge in [-0.05, 0) is 31.2 Å². The Morgan fingerprint density at radius 2 is 2.00 bits per heavy atom. The van der Waals surface area contributed by atoms with Crippen molar-refractivity contribution in [1.82, 2.24) is 5.16 Å². The van der Waals surface area contributed by atoms with E-state index >= 15 is 0 Å². The van der Waals surface area contributed by atoms with Crippen LogP contribution in [0.5, 0.6) is 5.75 Å². The molecule has 2 rings (SSSR count). The average molecular weight is 268 g/mol. The van der Waals surface area contributed by atoms with Crippen LogP contribution >= 0.6 is 0 Å². The van der Waals surface area contributed by atoms with Gasteiger partial charge in [0.1, 0.15) is 23.0 Å². The summed E-state index contributed by atoms with van der Waals surface area (Å²) >= 11 is 0. The van der Waals surface area contributed by atoms with Gasteiger partial charge < -0.3 is 9.63 Å². The number of phenolic OH excluding ortho intramolecular Hbond substituents is 1. The van der Waals surface area contributed by atoms with E-state index in [1.54, 1.807) is 13.0 Å². The molecule has 0 fully saturated rings. The number of nitrogens with zero attached hydrogens (tertiary/aromatic N) is 1. The van der Waals surface area contributed by atoms with Crippen molar-refractivity contribution in [3.63, 3.8) is 0 Å². The van der Waals surface area contributed by atoms with Gasteiger partial charge >= 0.3 is 0 Å². The summed E-state index contributed by atoms with van der Waals surface area (Å²) in [6.07, 6.45) is 0. The molecule has 18 heavy (non-hydrogen) atoms. The molecule has 0 saturated carbocycles. The first-order valence-corrected chi connectivity index (χ1v) is 6.81. The number of aromatic nitrogens is 1. The number of anilines is 1. The number of rotatable bonds is 4. The van der Waals surface area contributed by atoms with E-state index in [-0.39, 0.29) is 11.5 Å². The van der Waals surface area contributed by atoms with Gasteiger partial charge in [0.05, 0.1) is 0 Å². The molecule has 0 saturated heterocycles. The van der Waals surface area contributed by atoms with Crippen LogP contribution in [0.4, 0.5) is 5.69 Å². The highest BCUT2D eigenvalue weighted by molar-refractivity contribution is 7.91. The van der Waals surface area contributed by atoms with Crippen molar-refractivity contribution >= 4 is 15.7 Å². The lowest BCUT2D eigenvalue weighted by Gasteiger charge is -2.06. The topological polar surface area (TPSA) is 92.4 Å². The van der Waals surface area contributed by atoms with Crippen molar-refractivity contribution in [2.45, 2.75) is 12.7 Å². The van der Waals surface area contributed by atoms with E-state index in [0.29, 0.717) is 17.1 Å². The van der Waals surface area contributed by atoms with Gasteiger partial charge in [0, 0.05) is 11.8 Å². The normalized spacial score (nSPS) is 11.4. The van der Waals surface area contributed by atoms with Gasteiger partial charge in [0.15, 0.2) is 0 Å². The fourth-order valence-corrected chi connectivity index (χ4v) is 2.52. The second kappa shape index (κ2) is 4.69. The molecular weight excluding hydrogens is 256 g/mol. The van der Waals surface area contributed by atoms with E-state index in [1.807, 2.05) is 0 Å². The Labute approximate surface area is 104 Å². The Hall–Kier alpha value is -2.02. The van der Waals surface area contributed by atoms with E-state index in [4.69, 9.17) is 9.63 Å². The predicted molar refractivity (Wildman–Crippen MR) is 65.6 cm³/mol. The first-order valence-electron chi connectivity index (χ1n) is 5.16. The van der Waals surface area contributed by atoms with Crippen LogP contribution in [-0.4, -0.2) is 18.7 Å². The summed E-state index contributed by atoms with van der Waals surface area (Å²) in [5.74, 6) is 0.375. The molecule has 2 N–H and O–H groups in total. The Bertz CT molecular complexity index is 631. The molecule has 0 unspecified atom stereocenters. The van der Waals surface area contributed by atoms with Gasteiger partial charge in [-0.2, -0.15) is 0 Å². The summed E-state index contributed by atoms with van der Waals surface area (Å²) < 4.78 is 30.8. The van der Waals surface area contributed by atoms with E-state index in [0.717, 1.165) is 0 Å². The molecule has 0 aliphatic rings. The van der Waals surface area contributed by atoms with E-state index in [1.165, 1.54) is 24.3 Å². The molecule has 96 valence electrons. The number of aromatic hydroxyl groups is 1. The number of nitrogens with one attached hydrogen (secondary N) is 1. The van der Waals surface area contributed by atoms with E-state index in [9.17, 15) is 8.42 Å². The van der Waals surface area contributed by atoms with Crippen LogP contribution in [0.1, 0.15) is 11.5 Å². The number of hydrogen-bond acceptors (Lipinski definition) is 5. The maximum atomic E-state index is 11.8. The maximum absolute atomic E-state index is 11.8. The van der Waals surface area contributed by atoms with E-state index in [2.05, 4.69) is 9.88 Å². The summed E-state index contributed by atoms with van der Waals surface area (Å²) in [6.45, 7) is 1.69. The van der Waals surface area contributed by atoms with Gasteiger partial charge in [-0.25, -0.2) is 8.42 Å². The van der Waals surface area contributed by atoms with Crippen LogP contribution in [-0.2, 0) is 15.8 Å². The molecule has 0 atom stereocenters. The van der Waals surface area contributed by atoms with Crippen molar-refractivity contribution < 1.29 is 18.0 Å². The molecule has 0 bridgehead atoms. The summed E-state index contributed by atoms with van der Waals surface area (Å²) in [7, 11) is -3.54. The van der Waals surface area contributed by atoms with Crippen LogP contribution < -0.4 is 4.72 Å². The molecular formula is C11H12N2O4S. The minimum Gasteiger partial charge on any atom is -0.508 e. The number of hydrogen-bond donors (Lipinski definition) is 2. The van der Waals surface area contributed by atoms with Gasteiger partial charge in [-0.15, -0.1) is 0 Å². The second-order valence-electron chi connectivity index (χ2n) is 3.84. The quantitative estimate of drug-likeness (QED) is 0.822. The molecule has 1 aromatic carbocycles. The highest BCUT2D eigenvalue weighted by atomic mass is 32.2. The molecule has 7 heteroatoms. The monoisotopic (exact) mass is 268 g/mol. The zero-order valence-corrected chi connectivity index (χ0v) is 10.4. The van der Waals surface area contributed by atoms with Crippen LogP contribution in [0.2, 0.25) is 0 Å². The molecule has 0 amide bonds. The number of benzene rings is 1. The third-order valence-electron chi connectivity index (χ3n) is 2.16. The van der Waals surface area contributed by atoms with Gasteiger partial charge in [0.2, 0.25) is 10.0 Å². The Kier molecular flexibility index (Phi) is 3.24. The molecule has 0 aliphatic heterocycles. The van der Waals surface area contributed by atoms with Gasteiger partial charge in [0.25, 0.3) is 0 Å². The average Bonchev–Trinajstić information content (AvgIpc) is 2.66. The highest BCUT2D eigenvalue weighted by Crippen LogP contribution is 2.16. The van der Waals surface area contributed by atoms with Crippen molar-refractivity contribution in [3.05, 3.63) is 41.8 Å². The minimum absolute atomic E-state index is 0.0741. The number of phenols is 1. The second-order valence-corrected chi connectivity index (χ2v) is 5.56. The number of sulfonamides is 1. The summed E-state index contributed by atoms with van der Waals surface area (Å²) in [5, 5.41) is 12.7. The molecule has 0 radical (unpaired) electrons. The smallest absolute Gasteiger partial charge is 0.238 e. The zero-order chi connectivity index (χ0) is 13.2. The Morgan fingerprint density at radius 3 is 2.56 bits per heavy atom. The predicted octanol–water partition coefficient (Wildman–Crippen LogP) is 1.63. The van der Waals surface area contributed by atoms with Crippen molar-refractivity contribution in [2.24, 2.45) is 0 Å². The van der Waals surface area contributed by atoms with Crippen LogP contribution in [0.3, 0.4) is 0 Å². The third kappa shape index (κ3) is 3.24. The lowest BCUT2D eigenvalue weighted by Crippen LogP contribution is -2.15. The summed E-state index contributed by atoms with van der Waals surface area (Å²) in [6, 6.07) is 7.31. The van der Waals surface area contributed by atoms with Gasteiger partial charge in [-0.3, -0.25) is 4.72 Å². The molecule has 0 aliphatic carbocycles. The Morgan fingerprint density at radius 1 is 1.33 bits per heavy atom. The third-order valence-corrected chi connectivity index (χ3v) is 3.38. The van der Waals surface area contributed by atoms with E-state index < -0.39 is 10.0 Å². The summed E-state index contributed by atoms with van der Waals surface area (Å²) in [5.41, 5.74) is 0.729. The maximum Gasteiger partial charge on any atom is 0.238 e. The van der Waals surface area contributed by atoms with Crippen LogP contribution in [0.25, 0.3) is 0 Å². The number of aryl methyl sites for hydroxylation is 1. The van der Waals surface area contributed by atoms with Gasteiger partial charge in [-0.1, -0.05) is 5.16 Å². The molecule has 1 heterocycles. The first-order chi connectivity index (χ1) is 8.44. The lowest BCUT2D eigenvalue weighted by molar-refractivity contribution is 0.392. The zero-order valence-electron chi connectivity index (χ0n) is 9.62. The fraction of sp³-hybridized carbons (Fsp3) is 0.182. The minimum atomic E-state index is -3.54. The van der Waals surface area contributed by atoms with Crippen LogP contribution in [0, 0.1) is 6.92 Å². The van der Waals surface area contributed by atoms with Crippen molar-refractivity contribution in [2.75, 3.05) is 4.72 Å². The molecule has 2 aromatic rings. The summed E-state index contributed by atoms with van der Waals surface area (Å²) in [4.78, 5) is 0. The van der Waals surface area contributed by atoms with Crippen molar-refractivity contribution in [3.8, 4) is 5.75 Å². The molecule has 6 nitrogen and oxygen atoms in total. The standard InChI is InChI=1S/C11H12N2O4S/c1-8-6-10(12-17-8)7-18(15,16)13-9-2-4-11(14)5-3-9/h2-6,13-14H,7H2,1H3. The first kappa shape index (κ1) is 12.4. The Balaban J connectivity index is 2.10. The molecule has 0 spiro atoms. The largest absolute Gasteiger partial charge is 0.508 e. The van der Waals surface area contributed by atoms with Crippen molar-refractivity contribution in [1.29, 1.82) is 0 Å². The lowest BCUT2D eigenvalue weighted by atomic mass is 10.3. The van der Waals surface area contributed by atoms with Crippen LogP contribution in [0.15, 0.2) is 34.9 Å². The molecule has 1 aromatic heterocycles. The highest BCUT2D eigenvalue weighted by Gasteiger charge is 2.14.